The third-order valence-electron chi connectivity index (χ3n) is 6.25. The van der Waals surface area contributed by atoms with Crippen molar-refractivity contribution in [2.24, 2.45) is 0 Å². The van der Waals surface area contributed by atoms with E-state index in [0.29, 0.717) is 42.0 Å². The van der Waals surface area contributed by atoms with E-state index >= 15 is 0 Å². The van der Waals surface area contributed by atoms with Gasteiger partial charge in [0.25, 0.3) is 10.0 Å². The standard InChI is InChI=1S/C23H27N5O5S2/c1-2-34(29,30)25-12-10-21-26-20-15-24-23-19(22(20)28(21)17-7-6-14-33-16-17)11-13-27(23)35(31,32)18-8-4-3-5-9-18/h3-5,8-9,11,13,15,17,25H,2,6-7,10,12,14,16H2,1H3/t17-/m0/s1. The van der Waals surface area contributed by atoms with Crippen molar-refractivity contribution in [1.82, 2.24) is 23.2 Å². The molecule has 1 fully saturated rings. The molecule has 186 valence electrons. The number of nitrogens with zero attached hydrogens (tertiary/aromatic N) is 4. The van der Waals surface area contributed by atoms with Gasteiger partial charge in [-0.25, -0.2) is 35.5 Å². The quantitative estimate of drug-likeness (QED) is 0.381. The molecule has 1 aliphatic heterocycles. The number of imidazole rings is 1. The SMILES string of the molecule is CCS(=O)(=O)NCCc1nc2cnc3c(ccn3S(=O)(=O)c3ccccc3)c2n1[C@H]1CCCOC1. The zero-order chi connectivity index (χ0) is 24.6. The van der Waals surface area contributed by atoms with E-state index in [1.165, 1.54) is 10.2 Å². The number of sulfonamides is 1. The molecule has 0 spiro atoms. The molecule has 1 N–H and O–H groups in total. The minimum Gasteiger partial charge on any atom is -0.379 e. The van der Waals surface area contributed by atoms with E-state index < -0.39 is 20.0 Å². The summed E-state index contributed by atoms with van der Waals surface area (Å²) in [6, 6.07) is 9.99. The predicted molar refractivity (Wildman–Crippen MR) is 132 cm³/mol. The van der Waals surface area contributed by atoms with E-state index in [1.807, 2.05) is 0 Å². The summed E-state index contributed by atoms with van der Waals surface area (Å²) in [4.78, 5) is 9.40. The number of hydrogen-bond donors (Lipinski definition) is 1. The number of hydrogen-bond acceptors (Lipinski definition) is 7. The summed E-state index contributed by atoms with van der Waals surface area (Å²) in [7, 11) is -7.16. The highest BCUT2D eigenvalue weighted by Crippen LogP contribution is 2.33. The highest BCUT2D eigenvalue weighted by Gasteiger charge is 2.26. The lowest BCUT2D eigenvalue weighted by Gasteiger charge is -2.26. The minimum atomic E-state index is -3.83. The lowest BCUT2D eigenvalue weighted by atomic mass is 10.1. The Morgan fingerprint density at radius 3 is 2.66 bits per heavy atom. The first-order valence-electron chi connectivity index (χ1n) is 11.5. The van der Waals surface area contributed by atoms with Gasteiger partial charge in [0, 0.05) is 31.2 Å². The second kappa shape index (κ2) is 9.34. The van der Waals surface area contributed by atoms with E-state index in [2.05, 4.69) is 14.3 Å². The van der Waals surface area contributed by atoms with Crippen LogP contribution in [0.1, 0.15) is 31.6 Å². The smallest absolute Gasteiger partial charge is 0.269 e. The summed E-state index contributed by atoms with van der Waals surface area (Å²) < 4.78 is 62.1. The minimum absolute atomic E-state index is 0.00575. The van der Waals surface area contributed by atoms with Crippen LogP contribution in [-0.2, 0) is 31.2 Å². The van der Waals surface area contributed by atoms with E-state index in [-0.39, 0.29) is 23.2 Å². The van der Waals surface area contributed by atoms with Crippen LogP contribution >= 0.6 is 0 Å². The maximum absolute atomic E-state index is 13.3. The van der Waals surface area contributed by atoms with Crippen molar-refractivity contribution in [2.45, 2.75) is 37.1 Å². The van der Waals surface area contributed by atoms with Gasteiger partial charge in [-0.3, -0.25) is 0 Å². The van der Waals surface area contributed by atoms with Crippen LogP contribution in [0.5, 0.6) is 0 Å². The van der Waals surface area contributed by atoms with Crippen LogP contribution < -0.4 is 4.72 Å². The summed E-state index contributed by atoms with van der Waals surface area (Å²) in [5, 5.41) is 0.667. The third kappa shape index (κ3) is 4.46. The summed E-state index contributed by atoms with van der Waals surface area (Å²) in [6.07, 6.45) is 5.25. The average Bonchev–Trinajstić information content (AvgIpc) is 3.47. The second-order valence-corrected chi connectivity index (χ2v) is 12.4. The Hall–Kier alpha value is -2.80. The predicted octanol–water partition coefficient (Wildman–Crippen LogP) is 2.46. The number of aromatic nitrogens is 4. The van der Waals surface area contributed by atoms with Gasteiger partial charge in [-0.05, 0) is 38.0 Å². The van der Waals surface area contributed by atoms with Gasteiger partial charge < -0.3 is 9.30 Å². The van der Waals surface area contributed by atoms with Gasteiger partial charge in [0.15, 0.2) is 5.65 Å². The van der Waals surface area contributed by atoms with Crippen LogP contribution in [0.2, 0.25) is 0 Å². The molecule has 1 atom stereocenters. The maximum Gasteiger partial charge on any atom is 0.269 e. The second-order valence-electron chi connectivity index (χ2n) is 8.48. The zero-order valence-corrected chi connectivity index (χ0v) is 20.9. The highest BCUT2D eigenvalue weighted by molar-refractivity contribution is 7.90. The van der Waals surface area contributed by atoms with Crippen molar-refractivity contribution < 1.29 is 21.6 Å². The zero-order valence-electron chi connectivity index (χ0n) is 19.3. The fourth-order valence-electron chi connectivity index (χ4n) is 4.51. The first-order chi connectivity index (χ1) is 16.8. The molecule has 12 heteroatoms. The normalized spacial score (nSPS) is 17.3. The number of benzene rings is 1. The topological polar surface area (TPSA) is 125 Å². The lowest BCUT2D eigenvalue weighted by Crippen LogP contribution is -2.29. The first kappa shape index (κ1) is 23.9. The molecule has 4 aromatic rings. The number of ether oxygens (including phenoxy) is 1. The van der Waals surface area contributed by atoms with E-state index in [1.54, 1.807) is 49.5 Å². The van der Waals surface area contributed by atoms with Gasteiger partial charge in [-0.2, -0.15) is 0 Å². The molecule has 0 amide bonds. The maximum atomic E-state index is 13.3. The molecule has 4 heterocycles. The fraction of sp³-hybridized carbons (Fsp3) is 0.391. The Balaban J connectivity index is 1.64. The molecule has 0 radical (unpaired) electrons. The summed E-state index contributed by atoms with van der Waals surface area (Å²) in [5.41, 5.74) is 1.73. The van der Waals surface area contributed by atoms with E-state index in [9.17, 15) is 16.8 Å². The van der Waals surface area contributed by atoms with Crippen LogP contribution in [0.25, 0.3) is 22.1 Å². The first-order valence-corrected chi connectivity index (χ1v) is 14.6. The summed E-state index contributed by atoms with van der Waals surface area (Å²) in [6.45, 7) is 3.00. The van der Waals surface area contributed by atoms with Crippen molar-refractivity contribution in [1.29, 1.82) is 0 Å². The summed E-state index contributed by atoms with van der Waals surface area (Å²) in [5.74, 6) is 0.718. The van der Waals surface area contributed by atoms with Crippen LogP contribution in [-0.4, -0.2) is 60.9 Å². The molecule has 1 saturated heterocycles. The largest absolute Gasteiger partial charge is 0.379 e. The number of nitrogens with one attached hydrogen (secondary N) is 1. The molecule has 0 bridgehead atoms. The molecule has 0 unspecified atom stereocenters. The molecule has 3 aromatic heterocycles. The molecule has 5 rings (SSSR count). The van der Waals surface area contributed by atoms with Gasteiger partial charge in [-0.1, -0.05) is 18.2 Å². The molecule has 0 aliphatic carbocycles. The van der Waals surface area contributed by atoms with Gasteiger partial charge in [0.2, 0.25) is 10.0 Å². The van der Waals surface area contributed by atoms with Crippen molar-refractivity contribution in [2.75, 3.05) is 25.5 Å². The molecule has 35 heavy (non-hydrogen) atoms. The lowest BCUT2D eigenvalue weighted by molar-refractivity contribution is 0.0596. The molecule has 0 saturated carbocycles. The molecule has 1 aliphatic rings. The van der Waals surface area contributed by atoms with Crippen LogP contribution in [0.4, 0.5) is 0 Å². The average molecular weight is 518 g/mol. The fourth-order valence-corrected chi connectivity index (χ4v) is 6.45. The Morgan fingerprint density at radius 2 is 1.94 bits per heavy atom. The van der Waals surface area contributed by atoms with Gasteiger partial charge in [-0.15, -0.1) is 0 Å². The monoisotopic (exact) mass is 517 g/mol. The van der Waals surface area contributed by atoms with E-state index in [0.717, 1.165) is 18.4 Å². The summed E-state index contributed by atoms with van der Waals surface area (Å²) >= 11 is 0. The molecule has 1 aromatic carbocycles. The van der Waals surface area contributed by atoms with Gasteiger partial charge in [0.05, 0.1) is 35.0 Å². The molecular formula is C23H27N5O5S2. The van der Waals surface area contributed by atoms with Crippen molar-refractivity contribution in [3.63, 3.8) is 0 Å². The number of pyridine rings is 1. The van der Waals surface area contributed by atoms with Crippen molar-refractivity contribution >= 4 is 42.1 Å². The third-order valence-corrected chi connectivity index (χ3v) is 9.34. The molecular weight excluding hydrogens is 490 g/mol. The van der Waals surface area contributed by atoms with Crippen LogP contribution in [0.15, 0.2) is 53.7 Å². The number of rotatable bonds is 8. The highest BCUT2D eigenvalue weighted by atomic mass is 32.2. The Morgan fingerprint density at radius 1 is 1.14 bits per heavy atom. The molecule has 10 nitrogen and oxygen atoms in total. The van der Waals surface area contributed by atoms with E-state index in [4.69, 9.17) is 9.72 Å². The van der Waals surface area contributed by atoms with Crippen LogP contribution in [0.3, 0.4) is 0 Å². The van der Waals surface area contributed by atoms with Crippen LogP contribution in [0, 0.1) is 0 Å². The Kier molecular flexibility index (Phi) is 6.38. The van der Waals surface area contributed by atoms with Gasteiger partial charge in [0.1, 0.15) is 11.3 Å². The van der Waals surface area contributed by atoms with Crippen molar-refractivity contribution in [3.8, 4) is 0 Å². The Bertz CT molecular complexity index is 1570. The van der Waals surface area contributed by atoms with Crippen molar-refractivity contribution in [3.05, 3.63) is 54.6 Å². The Labute approximate surface area is 204 Å². The van der Waals surface area contributed by atoms with Gasteiger partial charge >= 0.3 is 0 Å². The number of fused-ring (bicyclic) bond motifs is 3.